The zero-order valence-corrected chi connectivity index (χ0v) is 19.0. The summed E-state index contributed by atoms with van der Waals surface area (Å²) in [7, 11) is 3.41. The molecule has 0 aliphatic rings. The number of aryl methyl sites for hydroxylation is 1. The van der Waals surface area contributed by atoms with Gasteiger partial charge in [-0.25, -0.2) is 0 Å². The minimum atomic E-state index is -0.0512. The molecule has 168 valence electrons. The molecule has 7 nitrogen and oxygen atoms in total. The van der Waals surface area contributed by atoms with Crippen LogP contribution in [0, 0.1) is 0 Å². The van der Waals surface area contributed by atoms with Crippen LogP contribution in [0.25, 0.3) is 0 Å². The van der Waals surface area contributed by atoms with Crippen LogP contribution in [0.5, 0.6) is 11.5 Å². The standard InChI is InChI=1S/C24H34N4O3/c1-5-26-23(29)20-12-9-19(10-13-20)17-28-24(25-3)27-15-7-8-18-11-14-21(30-4)22(16-18)31-6-2/h9-14,16H,5-8,15,17H2,1-4H3,(H,26,29)(H2,25,27,28). The van der Waals surface area contributed by atoms with E-state index in [-0.39, 0.29) is 5.91 Å². The van der Waals surface area contributed by atoms with Crippen LogP contribution in [0.3, 0.4) is 0 Å². The van der Waals surface area contributed by atoms with Crippen LogP contribution in [0.1, 0.15) is 41.8 Å². The normalized spacial score (nSPS) is 11.0. The van der Waals surface area contributed by atoms with Crippen LogP contribution in [0.2, 0.25) is 0 Å². The average Bonchev–Trinajstić information content (AvgIpc) is 2.79. The number of nitrogens with zero attached hydrogens (tertiary/aromatic N) is 1. The van der Waals surface area contributed by atoms with Gasteiger partial charge in [-0.15, -0.1) is 0 Å². The maximum atomic E-state index is 11.8. The van der Waals surface area contributed by atoms with Crippen molar-refractivity contribution < 1.29 is 14.3 Å². The molecule has 0 aliphatic heterocycles. The highest BCUT2D eigenvalue weighted by atomic mass is 16.5. The van der Waals surface area contributed by atoms with Crippen molar-refractivity contribution in [3.05, 3.63) is 59.2 Å². The van der Waals surface area contributed by atoms with Gasteiger partial charge in [0.2, 0.25) is 0 Å². The number of rotatable bonds is 11. The van der Waals surface area contributed by atoms with Crippen molar-refractivity contribution in [2.24, 2.45) is 4.99 Å². The average molecular weight is 427 g/mol. The molecule has 0 aliphatic carbocycles. The van der Waals surface area contributed by atoms with Gasteiger partial charge in [0.15, 0.2) is 17.5 Å². The molecular weight excluding hydrogens is 392 g/mol. The third kappa shape index (κ3) is 7.85. The summed E-state index contributed by atoms with van der Waals surface area (Å²) < 4.78 is 11.0. The molecule has 0 saturated heterocycles. The fourth-order valence-corrected chi connectivity index (χ4v) is 3.09. The molecule has 0 fully saturated rings. The number of aliphatic imine (C=N–C) groups is 1. The number of benzene rings is 2. The van der Waals surface area contributed by atoms with Gasteiger partial charge < -0.3 is 25.4 Å². The van der Waals surface area contributed by atoms with Crippen molar-refractivity contribution in [2.45, 2.75) is 33.2 Å². The van der Waals surface area contributed by atoms with E-state index in [1.165, 1.54) is 5.56 Å². The second kappa shape index (κ2) is 13.2. The molecule has 1 amide bonds. The van der Waals surface area contributed by atoms with E-state index in [1.807, 2.05) is 50.2 Å². The number of nitrogens with one attached hydrogen (secondary N) is 3. The minimum absolute atomic E-state index is 0.0512. The summed E-state index contributed by atoms with van der Waals surface area (Å²) in [6, 6.07) is 13.6. The third-order valence-electron chi connectivity index (χ3n) is 4.70. The fourth-order valence-electron chi connectivity index (χ4n) is 3.09. The number of carbonyl (C=O) groups excluding carboxylic acids is 1. The zero-order chi connectivity index (χ0) is 22.5. The van der Waals surface area contributed by atoms with Crippen molar-refractivity contribution in [1.82, 2.24) is 16.0 Å². The van der Waals surface area contributed by atoms with Crippen molar-refractivity contribution in [3.63, 3.8) is 0 Å². The maximum absolute atomic E-state index is 11.8. The second-order valence-electron chi connectivity index (χ2n) is 6.93. The van der Waals surface area contributed by atoms with Crippen LogP contribution >= 0.6 is 0 Å². The molecule has 0 heterocycles. The summed E-state index contributed by atoms with van der Waals surface area (Å²) in [6.45, 7) is 6.53. The van der Waals surface area contributed by atoms with Gasteiger partial charge in [-0.2, -0.15) is 0 Å². The molecule has 2 aromatic carbocycles. The Morgan fingerprint density at radius 3 is 2.35 bits per heavy atom. The third-order valence-corrected chi connectivity index (χ3v) is 4.70. The number of amides is 1. The van der Waals surface area contributed by atoms with Gasteiger partial charge in [-0.3, -0.25) is 9.79 Å². The Balaban J connectivity index is 1.76. The van der Waals surface area contributed by atoms with Gasteiger partial charge in [0.1, 0.15) is 0 Å². The SMILES string of the molecule is CCNC(=O)c1ccc(CNC(=NC)NCCCc2ccc(OC)c(OCC)c2)cc1. The molecule has 0 radical (unpaired) electrons. The number of guanidine groups is 1. The highest BCUT2D eigenvalue weighted by molar-refractivity contribution is 5.94. The Morgan fingerprint density at radius 1 is 0.968 bits per heavy atom. The molecule has 0 unspecified atom stereocenters. The largest absolute Gasteiger partial charge is 0.493 e. The highest BCUT2D eigenvalue weighted by Crippen LogP contribution is 2.28. The van der Waals surface area contributed by atoms with Crippen molar-refractivity contribution >= 4 is 11.9 Å². The van der Waals surface area contributed by atoms with Gasteiger partial charge in [0.25, 0.3) is 5.91 Å². The van der Waals surface area contributed by atoms with Gasteiger partial charge in [-0.05, 0) is 62.1 Å². The van der Waals surface area contributed by atoms with Gasteiger partial charge in [-0.1, -0.05) is 18.2 Å². The number of carbonyl (C=O) groups is 1. The second-order valence-corrected chi connectivity index (χ2v) is 6.93. The predicted molar refractivity (Wildman–Crippen MR) is 125 cm³/mol. The van der Waals surface area contributed by atoms with E-state index < -0.39 is 0 Å². The molecule has 2 aromatic rings. The molecule has 0 spiro atoms. The first-order valence-electron chi connectivity index (χ1n) is 10.7. The molecule has 0 atom stereocenters. The Bertz CT molecular complexity index is 850. The molecule has 31 heavy (non-hydrogen) atoms. The van der Waals surface area contributed by atoms with Crippen LogP contribution in [0.15, 0.2) is 47.5 Å². The van der Waals surface area contributed by atoms with E-state index in [9.17, 15) is 4.79 Å². The van der Waals surface area contributed by atoms with Crippen LogP contribution < -0.4 is 25.4 Å². The highest BCUT2D eigenvalue weighted by Gasteiger charge is 2.06. The summed E-state index contributed by atoms with van der Waals surface area (Å²) in [5, 5.41) is 9.44. The first kappa shape index (κ1) is 24.1. The van der Waals surface area contributed by atoms with Crippen LogP contribution in [-0.4, -0.2) is 45.7 Å². The topological polar surface area (TPSA) is 84.0 Å². The number of hydrogen-bond acceptors (Lipinski definition) is 4. The predicted octanol–water partition coefficient (Wildman–Crippen LogP) is 3.14. The van der Waals surface area contributed by atoms with Gasteiger partial charge in [0, 0.05) is 32.2 Å². The first-order valence-corrected chi connectivity index (χ1v) is 10.7. The summed E-state index contributed by atoms with van der Waals surface area (Å²) in [4.78, 5) is 16.1. The molecule has 0 bridgehead atoms. The maximum Gasteiger partial charge on any atom is 0.251 e. The minimum Gasteiger partial charge on any atom is -0.493 e. The lowest BCUT2D eigenvalue weighted by Gasteiger charge is -2.13. The molecule has 3 N–H and O–H groups in total. The molecule has 2 rings (SSSR count). The zero-order valence-electron chi connectivity index (χ0n) is 19.0. The molecule has 0 saturated carbocycles. The number of ether oxygens (including phenoxy) is 2. The van der Waals surface area contributed by atoms with Crippen molar-refractivity contribution in [3.8, 4) is 11.5 Å². The summed E-state index contributed by atoms with van der Waals surface area (Å²) in [5.41, 5.74) is 2.96. The van der Waals surface area contributed by atoms with E-state index in [1.54, 1.807) is 14.2 Å². The first-order chi connectivity index (χ1) is 15.1. The summed E-state index contributed by atoms with van der Waals surface area (Å²) >= 11 is 0. The lowest BCUT2D eigenvalue weighted by atomic mass is 10.1. The lowest BCUT2D eigenvalue weighted by molar-refractivity contribution is 0.0956. The smallest absolute Gasteiger partial charge is 0.251 e. The van der Waals surface area contributed by atoms with Crippen molar-refractivity contribution in [1.29, 1.82) is 0 Å². The van der Waals surface area contributed by atoms with Crippen LogP contribution in [-0.2, 0) is 13.0 Å². The van der Waals surface area contributed by atoms with E-state index in [0.717, 1.165) is 42.4 Å². The summed E-state index contributed by atoms with van der Waals surface area (Å²) in [6.07, 6.45) is 1.88. The Labute approximate surface area is 185 Å². The van der Waals surface area contributed by atoms with Gasteiger partial charge >= 0.3 is 0 Å². The number of methoxy groups -OCH3 is 1. The molecular formula is C24H34N4O3. The van der Waals surface area contributed by atoms with Gasteiger partial charge in [0.05, 0.1) is 13.7 Å². The molecule has 0 aromatic heterocycles. The van der Waals surface area contributed by atoms with E-state index in [0.29, 0.717) is 25.3 Å². The Hall–Kier alpha value is -3.22. The fraction of sp³-hybridized carbons (Fsp3) is 0.417. The van der Waals surface area contributed by atoms with E-state index in [4.69, 9.17) is 9.47 Å². The Morgan fingerprint density at radius 2 is 1.71 bits per heavy atom. The monoisotopic (exact) mass is 426 g/mol. The number of hydrogen-bond donors (Lipinski definition) is 3. The quantitative estimate of drug-likeness (QED) is 0.292. The van der Waals surface area contributed by atoms with Crippen LogP contribution in [0.4, 0.5) is 0 Å². The lowest BCUT2D eigenvalue weighted by Crippen LogP contribution is -2.37. The van der Waals surface area contributed by atoms with E-state index in [2.05, 4.69) is 27.0 Å². The summed E-state index contributed by atoms with van der Waals surface area (Å²) in [5.74, 6) is 2.24. The molecule has 7 heteroatoms. The van der Waals surface area contributed by atoms with E-state index >= 15 is 0 Å². The Kier molecular flexibility index (Phi) is 10.2. The van der Waals surface area contributed by atoms with Crippen molar-refractivity contribution in [2.75, 3.05) is 33.9 Å².